The highest BCUT2D eigenvalue weighted by Gasteiger charge is 2.36. The first kappa shape index (κ1) is 24.2. The molecule has 3 aromatic carbocycles. The summed E-state index contributed by atoms with van der Waals surface area (Å²) < 4.78 is 0. The molecule has 2 aliphatic carbocycles. The third-order valence-corrected chi connectivity index (χ3v) is 14.5. The van der Waals surface area contributed by atoms with Crippen LogP contribution < -0.4 is 15.9 Å². The van der Waals surface area contributed by atoms with Gasteiger partial charge in [-0.15, -0.1) is 0 Å². The third kappa shape index (κ3) is 5.50. The number of rotatable bonds is 7. The van der Waals surface area contributed by atoms with Crippen LogP contribution in [0.4, 0.5) is 0 Å². The fourth-order valence-electron chi connectivity index (χ4n) is 6.48. The molecule has 0 aromatic heterocycles. The zero-order valence-corrected chi connectivity index (χ0v) is 22.6. The molecule has 0 bridgehead atoms. The Labute approximate surface area is 210 Å². The SMILES string of the molecule is C[C@H](c1ccccc1P(c1ccccc1)c1ccccc1)P(C1CCCCC1)C1CCCCC1. The average molecular weight is 487 g/mol. The van der Waals surface area contributed by atoms with Crippen molar-refractivity contribution in [1.82, 2.24) is 0 Å². The molecule has 0 saturated heterocycles. The van der Waals surface area contributed by atoms with Gasteiger partial charge in [0.2, 0.25) is 0 Å². The second-order valence-corrected chi connectivity index (χ2v) is 15.6. The van der Waals surface area contributed by atoms with Crippen molar-refractivity contribution in [3.8, 4) is 0 Å². The molecule has 178 valence electrons. The zero-order chi connectivity index (χ0) is 23.2. The van der Waals surface area contributed by atoms with E-state index in [4.69, 9.17) is 0 Å². The minimum absolute atomic E-state index is 0.00289. The maximum absolute atomic E-state index is 2.62. The summed E-state index contributed by atoms with van der Waals surface area (Å²) >= 11 is 0. The highest BCUT2D eigenvalue weighted by molar-refractivity contribution is 7.80. The van der Waals surface area contributed by atoms with Crippen molar-refractivity contribution in [3.05, 3.63) is 90.5 Å². The van der Waals surface area contributed by atoms with E-state index in [9.17, 15) is 0 Å². The molecule has 0 nitrogen and oxygen atoms in total. The molecule has 0 heterocycles. The Hall–Kier alpha value is -1.48. The van der Waals surface area contributed by atoms with Crippen LogP contribution in [0.1, 0.15) is 82.4 Å². The maximum atomic E-state index is 2.62. The predicted molar refractivity (Wildman–Crippen MR) is 154 cm³/mol. The molecular weight excluding hydrogens is 446 g/mol. The van der Waals surface area contributed by atoms with Crippen LogP contribution >= 0.6 is 15.8 Å². The smallest absolute Gasteiger partial charge is 0.00249 e. The molecule has 1 atom stereocenters. The van der Waals surface area contributed by atoms with Crippen molar-refractivity contribution in [3.63, 3.8) is 0 Å². The first-order valence-electron chi connectivity index (χ1n) is 13.6. The summed E-state index contributed by atoms with van der Waals surface area (Å²) in [5.41, 5.74) is 4.31. The highest BCUT2D eigenvalue weighted by Crippen LogP contribution is 2.64. The van der Waals surface area contributed by atoms with E-state index in [1.807, 2.05) is 0 Å². The van der Waals surface area contributed by atoms with Crippen molar-refractivity contribution in [2.24, 2.45) is 0 Å². The topological polar surface area (TPSA) is 0 Å². The minimum atomic E-state index is -0.549. The molecular formula is C32H40P2. The predicted octanol–water partition coefficient (Wildman–Crippen LogP) is 8.65. The molecule has 0 aliphatic heterocycles. The standard InChI is InChI=1S/C32H40P2/c1-26(33(27-16-6-2-7-17-27)28-18-8-3-9-19-28)31-24-14-15-25-32(31)34(29-20-10-4-11-21-29)30-22-12-5-13-23-30/h4-5,10-15,20-28H,2-3,6-9,16-19H2,1H3/t26-/m1/s1. The third-order valence-electron chi connectivity index (χ3n) is 8.10. The molecule has 5 rings (SSSR count). The molecule has 0 N–H and O–H groups in total. The van der Waals surface area contributed by atoms with E-state index in [2.05, 4.69) is 91.9 Å². The summed E-state index contributed by atoms with van der Waals surface area (Å²) in [5.74, 6) is 0. The Morgan fingerprint density at radius 3 is 1.50 bits per heavy atom. The molecule has 3 aromatic rings. The molecule has 2 aliphatic rings. The Balaban J connectivity index is 1.57. The molecule has 0 spiro atoms. The van der Waals surface area contributed by atoms with Gasteiger partial charge >= 0.3 is 0 Å². The molecule has 0 amide bonds. The summed E-state index contributed by atoms with van der Waals surface area (Å²) in [6.07, 6.45) is 14.7. The lowest BCUT2D eigenvalue weighted by atomic mass is 9.99. The van der Waals surface area contributed by atoms with Crippen molar-refractivity contribution in [1.29, 1.82) is 0 Å². The Morgan fingerprint density at radius 1 is 0.559 bits per heavy atom. The van der Waals surface area contributed by atoms with Gasteiger partial charge in [-0.1, -0.05) is 138 Å². The van der Waals surface area contributed by atoms with Crippen LogP contribution in [0, 0.1) is 0 Å². The Bertz CT molecular complexity index is 946. The lowest BCUT2D eigenvalue weighted by Gasteiger charge is -2.43. The van der Waals surface area contributed by atoms with E-state index < -0.39 is 7.92 Å². The number of benzene rings is 3. The van der Waals surface area contributed by atoms with Gasteiger partial charge < -0.3 is 0 Å². The van der Waals surface area contributed by atoms with Crippen LogP contribution in [0.3, 0.4) is 0 Å². The van der Waals surface area contributed by atoms with Crippen LogP contribution in [0.15, 0.2) is 84.9 Å². The fourth-order valence-corrected chi connectivity index (χ4v) is 13.5. The summed E-state index contributed by atoms with van der Waals surface area (Å²) in [6, 6.07) is 32.2. The first-order chi connectivity index (χ1) is 16.8. The van der Waals surface area contributed by atoms with E-state index in [-0.39, 0.29) is 7.92 Å². The van der Waals surface area contributed by atoms with Crippen LogP contribution in [-0.4, -0.2) is 11.3 Å². The summed E-state index contributed by atoms with van der Waals surface area (Å²) in [6.45, 7) is 2.62. The van der Waals surface area contributed by atoms with Crippen LogP contribution in [0.2, 0.25) is 0 Å². The van der Waals surface area contributed by atoms with Crippen LogP contribution in [-0.2, 0) is 0 Å². The lowest BCUT2D eigenvalue weighted by molar-refractivity contribution is 0.481. The van der Waals surface area contributed by atoms with Crippen molar-refractivity contribution >= 4 is 31.8 Å². The molecule has 34 heavy (non-hydrogen) atoms. The van der Waals surface area contributed by atoms with Gasteiger partial charge in [-0.3, -0.25) is 0 Å². The number of hydrogen-bond acceptors (Lipinski definition) is 0. The van der Waals surface area contributed by atoms with E-state index >= 15 is 0 Å². The van der Waals surface area contributed by atoms with Gasteiger partial charge in [0.05, 0.1) is 0 Å². The quantitative estimate of drug-likeness (QED) is 0.293. The van der Waals surface area contributed by atoms with E-state index in [0.29, 0.717) is 5.66 Å². The summed E-state index contributed by atoms with van der Waals surface area (Å²) in [5, 5.41) is 4.55. The van der Waals surface area contributed by atoms with E-state index in [1.165, 1.54) is 74.8 Å². The minimum Gasteiger partial charge on any atom is -0.0929 e. The molecule has 2 fully saturated rings. The van der Waals surface area contributed by atoms with E-state index in [0.717, 1.165) is 11.3 Å². The van der Waals surface area contributed by atoms with E-state index in [1.54, 1.807) is 10.9 Å². The highest BCUT2D eigenvalue weighted by atomic mass is 31.1. The fraction of sp³-hybridized carbons (Fsp3) is 0.438. The summed E-state index contributed by atoms with van der Waals surface area (Å²) in [7, 11) is -0.551. The lowest BCUT2D eigenvalue weighted by Crippen LogP contribution is -2.27. The molecule has 0 radical (unpaired) electrons. The second-order valence-electron chi connectivity index (χ2n) is 10.3. The Kier molecular flexibility index (Phi) is 8.53. The normalized spacial score (nSPS) is 18.9. The van der Waals surface area contributed by atoms with Gasteiger partial charge in [0.25, 0.3) is 0 Å². The maximum Gasteiger partial charge on any atom is 0.00249 e. The molecule has 2 saturated carbocycles. The van der Waals surface area contributed by atoms with Crippen LogP contribution in [0.25, 0.3) is 0 Å². The number of hydrogen-bond donors (Lipinski definition) is 0. The van der Waals surface area contributed by atoms with Gasteiger partial charge in [-0.25, -0.2) is 0 Å². The molecule has 0 unspecified atom stereocenters. The van der Waals surface area contributed by atoms with Gasteiger partial charge in [-0.05, 0) is 66.4 Å². The monoisotopic (exact) mass is 486 g/mol. The zero-order valence-electron chi connectivity index (χ0n) is 20.8. The summed E-state index contributed by atoms with van der Waals surface area (Å²) in [4.78, 5) is 0. The first-order valence-corrected chi connectivity index (χ1v) is 16.5. The van der Waals surface area contributed by atoms with Crippen molar-refractivity contribution < 1.29 is 0 Å². The van der Waals surface area contributed by atoms with Gasteiger partial charge in [0.15, 0.2) is 0 Å². The van der Waals surface area contributed by atoms with Gasteiger partial charge in [-0.2, -0.15) is 0 Å². The van der Waals surface area contributed by atoms with Crippen molar-refractivity contribution in [2.45, 2.75) is 88.1 Å². The van der Waals surface area contributed by atoms with Gasteiger partial charge in [0, 0.05) is 5.66 Å². The van der Waals surface area contributed by atoms with Gasteiger partial charge in [0.1, 0.15) is 0 Å². The van der Waals surface area contributed by atoms with Crippen LogP contribution in [0.5, 0.6) is 0 Å². The Morgan fingerprint density at radius 2 is 1.00 bits per heavy atom. The average Bonchev–Trinajstić information content (AvgIpc) is 2.92. The second kappa shape index (κ2) is 12.0. The molecule has 2 heteroatoms. The largest absolute Gasteiger partial charge is 0.0929 e. The van der Waals surface area contributed by atoms with Crippen molar-refractivity contribution in [2.75, 3.05) is 0 Å².